The monoisotopic (exact) mass is 333 g/mol. The van der Waals surface area contributed by atoms with E-state index in [0.29, 0.717) is 0 Å². The quantitative estimate of drug-likeness (QED) is 0.724. The van der Waals surface area contributed by atoms with Gasteiger partial charge in [-0.2, -0.15) is 0 Å². The molecule has 1 heterocycles. The van der Waals surface area contributed by atoms with Crippen LogP contribution in [0.2, 0.25) is 8.67 Å². The van der Waals surface area contributed by atoms with E-state index in [1.807, 2.05) is 0 Å². The van der Waals surface area contributed by atoms with Crippen LogP contribution in [0.3, 0.4) is 0 Å². The number of nitrogens with one attached hydrogen (secondary N) is 1. The van der Waals surface area contributed by atoms with Crippen LogP contribution in [0.1, 0.15) is 6.42 Å². The summed E-state index contributed by atoms with van der Waals surface area (Å²) in [6.07, 6.45) is -1.86. The number of aliphatic hydroxyl groups excluding tert-OH is 1. The van der Waals surface area contributed by atoms with Crippen molar-refractivity contribution < 1.29 is 23.4 Å². The van der Waals surface area contributed by atoms with Crippen molar-refractivity contribution in [2.75, 3.05) is 6.54 Å². The second-order valence-corrected chi connectivity index (χ2v) is 7.25. The summed E-state index contributed by atoms with van der Waals surface area (Å²) in [6.45, 7) is -0.223. The summed E-state index contributed by atoms with van der Waals surface area (Å²) in [7, 11) is -3.85. The number of rotatable bonds is 6. The highest BCUT2D eigenvalue weighted by Crippen LogP contribution is 2.33. The van der Waals surface area contributed by atoms with E-state index in [2.05, 4.69) is 4.72 Å². The Bertz CT molecular complexity index is 542. The van der Waals surface area contributed by atoms with Gasteiger partial charge in [-0.05, 0) is 12.5 Å². The summed E-state index contributed by atoms with van der Waals surface area (Å²) in [5.74, 6) is -1.41. The minimum Gasteiger partial charge on any atom is -0.479 e. The molecule has 18 heavy (non-hydrogen) atoms. The van der Waals surface area contributed by atoms with Crippen LogP contribution in [0.4, 0.5) is 0 Å². The second kappa shape index (κ2) is 6.18. The number of carbonyl (C=O) groups is 1. The zero-order chi connectivity index (χ0) is 13.9. The van der Waals surface area contributed by atoms with Gasteiger partial charge in [0.1, 0.15) is 9.23 Å². The summed E-state index contributed by atoms with van der Waals surface area (Å²) >= 11 is 12.2. The lowest BCUT2D eigenvalue weighted by molar-refractivity contribution is -0.146. The number of aliphatic carboxylic acids is 1. The first-order valence-corrected chi connectivity index (χ1v) is 7.65. The fourth-order valence-electron chi connectivity index (χ4n) is 1.04. The van der Waals surface area contributed by atoms with Gasteiger partial charge >= 0.3 is 5.97 Å². The van der Waals surface area contributed by atoms with Gasteiger partial charge in [-0.1, -0.05) is 23.2 Å². The van der Waals surface area contributed by atoms with Crippen molar-refractivity contribution in [3.8, 4) is 0 Å². The largest absolute Gasteiger partial charge is 0.479 e. The van der Waals surface area contributed by atoms with E-state index in [4.69, 9.17) is 33.4 Å². The number of aliphatic hydroxyl groups is 1. The van der Waals surface area contributed by atoms with E-state index in [9.17, 15) is 13.2 Å². The molecule has 10 heteroatoms. The van der Waals surface area contributed by atoms with Crippen LogP contribution in [-0.2, 0) is 14.8 Å². The van der Waals surface area contributed by atoms with Crippen LogP contribution in [0.15, 0.2) is 11.0 Å². The molecular formula is C8H9Cl2NO5S2. The molecule has 0 fully saturated rings. The molecule has 6 nitrogen and oxygen atoms in total. The van der Waals surface area contributed by atoms with Gasteiger partial charge in [-0.25, -0.2) is 17.9 Å². The number of halogens is 2. The summed E-state index contributed by atoms with van der Waals surface area (Å²) in [6, 6.07) is 1.20. The second-order valence-electron chi connectivity index (χ2n) is 3.23. The first-order chi connectivity index (χ1) is 8.24. The maximum atomic E-state index is 11.7. The molecule has 3 N–H and O–H groups in total. The molecule has 0 bridgehead atoms. The molecule has 1 aromatic rings. The first-order valence-electron chi connectivity index (χ1n) is 4.59. The Kier molecular flexibility index (Phi) is 5.38. The maximum Gasteiger partial charge on any atom is 0.332 e. The molecule has 0 aliphatic heterocycles. The highest BCUT2D eigenvalue weighted by Gasteiger charge is 2.21. The molecule has 0 saturated heterocycles. The normalized spacial score (nSPS) is 13.5. The van der Waals surface area contributed by atoms with Crippen molar-refractivity contribution in [2.24, 2.45) is 0 Å². The predicted molar refractivity (Wildman–Crippen MR) is 67.8 cm³/mol. The molecule has 102 valence electrons. The van der Waals surface area contributed by atoms with E-state index in [1.54, 1.807) is 0 Å². The third kappa shape index (κ3) is 4.08. The van der Waals surface area contributed by atoms with Crippen molar-refractivity contribution in [1.29, 1.82) is 0 Å². The van der Waals surface area contributed by atoms with Crippen molar-refractivity contribution in [3.05, 3.63) is 14.7 Å². The van der Waals surface area contributed by atoms with Gasteiger partial charge < -0.3 is 10.2 Å². The SMILES string of the molecule is O=C(O)C(O)CCNS(=O)(=O)c1cc(Cl)sc1Cl. The Hall–Kier alpha value is -0.380. The number of carboxylic acid groups (broad SMARTS) is 1. The molecule has 0 aromatic carbocycles. The molecule has 0 radical (unpaired) electrons. The molecular weight excluding hydrogens is 325 g/mol. The van der Waals surface area contributed by atoms with Crippen molar-refractivity contribution in [1.82, 2.24) is 4.72 Å². The van der Waals surface area contributed by atoms with Crippen LogP contribution in [0, 0.1) is 0 Å². The maximum absolute atomic E-state index is 11.7. The Labute approximate surface area is 117 Å². The average Bonchev–Trinajstić information content (AvgIpc) is 2.58. The zero-order valence-corrected chi connectivity index (χ0v) is 11.9. The van der Waals surface area contributed by atoms with Crippen LogP contribution in [0.25, 0.3) is 0 Å². The Morgan fingerprint density at radius 2 is 2.11 bits per heavy atom. The third-order valence-electron chi connectivity index (χ3n) is 1.91. The average molecular weight is 334 g/mol. The summed E-state index contributed by atoms with van der Waals surface area (Å²) in [4.78, 5) is 10.2. The molecule has 0 amide bonds. The van der Waals surface area contributed by atoms with Crippen LogP contribution in [0.5, 0.6) is 0 Å². The zero-order valence-electron chi connectivity index (χ0n) is 8.76. The lowest BCUT2D eigenvalue weighted by atomic mass is 10.3. The van der Waals surface area contributed by atoms with Crippen LogP contribution in [-0.4, -0.2) is 37.2 Å². The van der Waals surface area contributed by atoms with E-state index < -0.39 is 22.1 Å². The highest BCUT2D eigenvalue weighted by molar-refractivity contribution is 7.89. The van der Waals surface area contributed by atoms with Gasteiger partial charge in [0, 0.05) is 6.54 Å². The van der Waals surface area contributed by atoms with Crippen LogP contribution < -0.4 is 4.72 Å². The highest BCUT2D eigenvalue weighted by atomic mass is 35.5. The molecule has 1 aromatic heterocycles. The first kappa shape index (κ1) is 15.7. The van der Waals surface area contributed by atoms with Gasteiger partial charge in [0.25, 0.3) is 0 Å². The molecule has 0 spiro atoms. The Balaban J connectivity index is 2.66. The lowest BCUT2D eigenvalue weighted by Crippen LogP contribution is -2.30. The molecule has 0 aliphatic carbocycles. The van der Waals surface area contributed by atoms with E-state index in [-0.39, 0.29) is 26.5 Å². The molecule has 0 aliphatic rings. The fraction of sp³-hybridized carbons (Fsp3) is 0.375. The summed E-state index contributed by atoms with van der Waals surface area (Å²) < 4.78 is 25.9. The third-order valence-corrected chi connectivity index (χ3v) is 5.12. The molecule has 0 saturated carbocycles. The van der Waals surface area contributed by atoms with Crippen LogP contribution >= 0.6 is 34.5 Å². The predicted octanol–water partition coefficient (Wildman–Crippen LogP) is 1.17. The number of sulfonamides is 1. The lowest BCUT2D eigenvalue weighted by Gasteiger charge is -2.07. The number of thiophene rings is 1. The molecule has 1 unspecified atom stereocenters. The van der Waals surface area contributed by atoms with Gasteiger partial charge in [0.05, 0.1) is 4.34 Å². The molecule has 1 atom stereocenters. The summed E-state index contributed by atoms with van der Waals surface area (Å²) in [5.41, 5.74) is 0. The van der Waals surface area contributed by atoms with Gasteiger partial charge in [-0.3, -0.25) is 0 Å². The number of hydrogen-bond donors (Lipinski definition) is 3. The van der Waals surface area contributed by atoms with Gasteiger partial charge in [0.15, 0.2) is 6.10 Å². The van der Waals surface area contributed by atoms with E-state index >= 15 is 0 Å². The number of carboxylic acids is 1. The van der Waals surface area contributed by atoms with E-state index in [1.165, 1.54) is 6.07 Å². The fourth-order valence-corrected chi connectivity index (χ4v) is 4.23. The standard InChI is InChI=1S/C8H9Cl2NO5S2/c9-6-3-5(7(10)17-6)18(15,16)11-2-1-4(12)8(13)14/h3-4,11-12H,1-2H2,(H,13,14). The van der Waals surface area contributed by atoms with Crippen molar-refractivity contribution in [2.45, 2.75) is 17.4 Å². The van der Waals surface area contributed by atoms with E-state index in [0.717, 1.165) is 11.3 Å². The smallest absolute Gasteiger partial charge is 0.332 e. The van der Waals surface area contributed by atoms with Crippen molar-refractivity contribution >= 4 is 50.5 Å². The Morgan fingerprint density at radius 1 is 1.50 bits per heavy atom. The topological polar surface area (TPSA) is 104 Å². The Morgan fingerprint density at radius 3 is 2.56 bits per heavy atom. The minimum atomic E-state index is -3.85. The number of hydrogen-bond acceptors (Lipinski definition) is 5. The van der Waals surface area contributed by atoms with Gasteiger partial charge in [-0.15, -0.1) is 11.3 Å². The minimum absolute atomic E-state index is 0.0197. The van der Waals surface area contributed by atoms with Gasteiger partial charge in [0.2, 0.25) is 10.0 Å². The summed E-state index contributed by atoms with van der Waals surface area (Å²) in [5, 5.41) is 17.4. The van der Waals surface area contributed by atoms with Crippen molar-refractivity contribution in [3.63, 3.8) is 0 Å². The molecule has 1 rings (SSSR count).